The van der Waals surface area contributed by atoms with Gasteiger partial charge in [0.1, 0.15) is 6.04 Å². The van der Waals surface area contributed by atoms with Gasteiger partial charge in [-0.15, -0.1) is 5.10 Å². The molecule has 0 bridgehead atoms. The maximum Gasteiger partial charge on any atom is 0.321 e. The molecule has 1 saturated heterocycles. The average Bonchev–Trinajstić information content (AvgIpc) is 3.23. The lowest BCUT2D eigenvalue weighted by molar-refractivity contribution is 0.0960. The molecule has 1 unspecified atom stereocenters. The Morgan fingerprint density at radius 2 is 2.03 bits per heavy atom. The summed E-state index contributed by atoms with van der Waals surface area (Å²) in [5, 5.41) is 14.8. The Kier molecular flexibility index (Phi) is 4.47. The Hall–Kier alpha value is -3.27. The Bertz CT molecular complexity index is 980. The van der Waals surface area contributed by atoms with Crippen LogP contribution in [0.5, 0.6) is 0 Å². The number of nitrogens with zero attached hydrogens (tertiary/aromatic N) is 7. The highest BCUT2D eigenvalue weighted by Crippen LogP contribution is 2.38. The molecule has 2 aromatic heterocycles. The first kappa shape index (κ1) is 17.8. The van der Waals surface area contributed by atoms with Gasteiger partial charge in [-0.05, 0) is 44.2 Å². The van der Waals surface area contributed by atoms with Crippen LogP contribution in [0.15, 0.2) is 41.2 Å². The smallest absolute Gasteiger partial charge is 0.321 e. The number of urea groups is 1. The van der Waals surface area contributed by atoms with Gasteiger partial charge < -0.3 is 14.7 Å². The van der Waals surface area contributed by atoms with Crippen LogP contribution in [0.25, 0.3) is 5.69 Å². The lowest BCUT2D eigenvalue weighted by atomic mass is 10.2. The van der Waals surface area contributed by atoms with E-state index in [1.165, 1.54) is 0 Å². The summed E-state index contributed by atoms with van der Waals surface area (Å²) < 4.78 is 7.16. The second kappa shape index (κ2) is 7.28. The van der Waals surface area contributed by atoms with Crippen LogP contribution in [0.2, 0.25) is 0 Å². The fourth-order valence-electron chi connectivity index (χ4n) is 3.46. The molecule has 29 heavy (non-hydrogen) atoms. The van der Waals surface area contributed by atoms with E-state index in [1.54, 1.807) is 22.0 Å². The van der Waals surface area contributed by atoms with Crippen molar-refractivity contribution < 1.29 is 9.32 Å². The minimum absolute atomic E-state index is 0.0933. The summed E-state index contributed by atoms with van der Waals surface area (Å²) in [7, 11) is 2.02. The number of hydrogen-bond donors (Lipinski definition) is 1. The zero-order chi connectivity index (χ0) is 19.8. The number of piperazine rings is 1. The average molecular weight is 394 g/mol. The van der Waals surface area contributed by atoms with Crippen molar-refractivity contribution in [2.75, 3.05) is 32.0 Å². The van der Waals surface area contributed by atoms with Crippen molar-refractivity contribution in [2.45, 2.75) is 24.8 Å². The lowest BCUT2D eigenvalue weighted by Crippen LogP contribution is -2.50. The number of amides is 2. The molecular formula is C19H22N8O2. The van der Waals surface area contributed by atoms with Gasteiger partial charge in [0.2, 0.25) is 5.89 Å². The van der Waals surface area contributed by atoms with Gasteiger partial charge >= 0.3 is 6.03 Å². The molecule has 5 rings (SSSR count). The fraction of sp³-hybridized carbons (Fsp3) is 0.421. The van der Waals surface area contributed by atoms with Gasteiger partial charge in [-0.1, -0.05) is 10.4 Å². The van der Waals surface area contributed by atoms with E-state index in [1.807, 2.05) is 31.3 Å². The molecule has 0 radical (unpaired) electrons. The van der Waals surface area contributed by atoms with E-state index in [9.17, 15) is 4.79 Å². The van der Waals surface area contributed by atoms with Crippen LogP contribution in [-0.2, 0) is 0 Å². The van der Waals surface area contributed by atoms with E-state index in [2.05, 4.69) is 30.7 Å². The lowest BCUT2D eigenvalue weighted by Gasteiger charge is -2.37. The summed E-state index contributed by atoms with van der Waals surface area (Å²) in [6.07, 6.45) is 5.65. The predicted molar refractivity (Wildman–Crippen MR) is 104 cm³/mol. The molecule has 1 aliphatic heterocycles. The molecule has 2 fully saturated rings. The van der Waals surface area contributed by atoms with E-state index < -0.39 is 0 Å². The maximum absolute atomic E-state index is 12.8. The van der Waals surface area contributed by atoms with Gasteiger partial charge in [0, 0.05) is 31.2 Å². The highest BCUT2D eigenvalue weighted by Gasteiger charge is 2.35. The van der Waals surface area contributed by atoms with Crippen molar-refractivity contribution in [3.05, 3.63) is 48.4 Å². The number of aromatic nitrogens is 5. The van der Waals surface area contributed by atoms with Crippen LogP contribution in [0.4, 0.5) is 10.5 Å². The second-order valence-electron chi connectivity index (χ2n) is 7.53. The molecule has 3 heterocycles. The van der Waals surface area contributed by atoms with Crippen LogP contribution in [-0.4, -0.2) is 67.6 Å². The van der Waals surface area contributed by atoms with Gasteiger partial charge in [0.15, 0.2) is 5.82 Å². The molecule has 1 atom stereocenters. The number of benzene rings is 1. The monoisotopic (exact) mass is 394 g/mol. The number of rotatable bonds is 4. The Morgan fingerprint density at radius 1 is 1.21 bits per heavy atom. The van der Waals surface area contributed by atoms with Crippen LogP contribution >= 0.6 is 0 Å². The first-order valence-electron chi connectivity index (χ1n) is 9.74. The van der Waals surface area contributed by atoms with Gasteiger partial charge in [0.25, 0.3) is 0 Å². The maximum atomic E-state index is 12.8. The standard InChI is InChI=1S/C19H22N8O2/c1-25-10-11-26(12-16(25)18-22-17(23-29-18)13-2-3-13)19(28)21-14-4-6-15(7-5-14)27-9-8-20-24-27/h4-9,13,16H,2-3,10-12H2,1H3,(H,21,28). The minimum Gasteiger partial charge on any atom is -0.338 e. The topological polar surface area (TPSA) is 105 Å². The van der Waals surface area contributed by atoms with E-state index in [-0.39, 0.29) is 12.1 Å². The molecule has 3 aromatic rings. The zero-order valence-electron chi connectivity index (χ0n) is 16.1. The second-order valence-corrected chi connectivity index (χ2v) is 7.53. The molecule has 0 spiro atoms. The molecule has 1 aromatic carbocycles. The van der Waals surface area contributed by atoms with Crippen molar-refractivity contribution in [2.24, 2.45) is 0 Å². The minimum atomic E-state index is -0.140. The Labute approximate surface area is 167 Å². The largest absolute Gasteiger partial charge is 0.338 e. The van der Waals surface area contributed by atoms with Gasteiger partial charge in [-0.25, -0.2) is 9.48 Å². The molecule has 2 aliphatic rings. The number of carbonyl (C=O) groups is 1. The summed E-state index contributed by atoms with van der Waals surface area (Å²) in [5.74, 6) is 1.83. The highest BCUT2D eigenvalue weighted by molar-refractivity contribution is 5.89. The normalized spacial score (nSPS) is 20.0. The Morgan fingerprint density at radius 3 is 2.76 bits per heavy atom. The van der Waals surface area contributed by atoms with E-state index in [0.717, 1.165) is 36.6 Å². The molecule has 1 aliphatic carbocycles. The molecule has 10 nitrogen and oxygen atoms in total. The summed E-state index contributed by atoms with van der Waals surface area (Å²) in [6, 6.07) is 7.23. The third kappa shape index (κ3) is 3.70. The first-order chi connectivity index (χ1) is 14.2. The molecule has 10 heteroatoms. The number of likely N-dealkylation sites (N-methyl/N-ethyl adjacent to an activating group) is 1. The van der Waals surface area contributed by atoms with Gasteiger partial charge in [-0.3, -0.25) is 4.90 Å². The summed E-state index contributed by atoms with van der Waals surface area (Å²) >= 11 is 0. The van der Waals surface area contributed by atoms with Crippen LogP contribution in [0.1, 0.15) is 36.5 Å². The molecule has 1 saturated carbocycles. The van der Waals surface area contributed by atoms with E-state index in [4.69, 9.17) is 4.52 Å². The van der Waals surface area contributed by atoms with Crippen molar-refractivity contribution in [1.29, 1.82) is 0 Å². The third-order valence-corrected chi connectivity index (χ3v) is 5.43. The SMILES string of the molecule is CN1CCN(C(=O)Nc2ccc(-n3ccnn3)cc2)CC1c1nc(C2CC2)no1. The van der Waals surface area contributed by atoms with Crippen molar-refractivity contribution in [3.63, 3.8) is 0 Å². The third-order valence-electron chi connectivity index (χ3n) is 5.43. The molecule has 1 N–H and O–H groups in total. The predicted octanol–water partition coefficient (Wildman–Crippen LogP) is 2.05. The highest BCUT2D eigenvalue weighted by atomic mass is 16.5. The number of carbonyl (C=O) groups excluding carboxylic acids is 1. The molecule has 2 amide bonds. The van der Waals surface area contributed by atoms with Crippen LogP contribution < -0.4 is 5.32 Å². The molecule has 150 valence electrons. The summed E-state index contributed by atoms with van der Waals surface area (Å²) in [6.45, 7) is 1.88. The number of hydrogen-bond acceptors (Lipinski definition) is 7. The van der Waals surface area contributed by atoms with Gasteiger partial charge in [-0.2, -0.15) is 4.98 Å². The number of nitrogens with one attached hydrogen (secondary N) is 1. The number of anilines is 1. The van der Waals surface area contributed by atoms with Crippen LogP contribution in [0, 0.1) is 0 Å². The zero-order valence-corrected chi connectivity index (χ0v) is 16.1. The van der Waals surface area contributed by atoms with Crippen molar-refractivity contribution >= 4 is 11.7 Å². The van der Waals surface area contributed by atoms with Gasteiger partial charge in [0.05, 0.1) is 18.1 Å². The summed E-state index contributed by atoms with van der Waals surface area (Å²) in [4.78, 5) is 21.3. The van der Waals surface area contributed by atoms with Crippen molar-refractivity contribution in [1.82, 2.24) is 34.9 Å². The van der Waals surface area contributed by atoms with E-state index >= 15 is 0 Å². The molecular weight excluding hydrogens is 372 g/mol. The van der Waals surface area contributed by atoms with E-state index in [0.29, 0.717) is 24.9 Å². The fourth-order valence-corrected chi connectivity index (χ4v) is 3.46. The van der Waals surface area contributed by atoms with Crippen molar-refractivity contribution in [3.8, 4) is 5.69 Å². The summed E-state index contributed by atoms with van der Waals surface area (Å²) in [5.41, 5.74) is 1.60. The van der Waals surface area contributed by atoms with Crippen LogP contribution in [0.3, 0.4) is 0 Å². The quantitative estimate of drug-likeness (QED) is 0.722. The Balaban J connectivity index is 1.24. The first-order valence-corrected chi connectivity index (χ1v) is 9.74.